The standard InChI is InChI=1S/C24H35N5O2/c1-2-25-24(27-16-23(30)19-31-18-20-8-4-3-5-9-20)28-21-11-14-29(15-12-21)17-22-10-6-7-13-26-22/h3-10,13,21,23,30H,2,11-12,14-19H2,1H3,(H2,25,27,28). The van der Waals surface area contributed by atoms with Gasteiger partial charge < -0.3 is 20.5 Å². The second kappa shape index (κ2) is 13.0. The van der Waals surface area contributed by atoms with Crippen LogP contribution in [0.2, 0.25) is 0 Å². The van der Waals surface area contributed by atoms with Gasteiger partial charge in [0.2, 0.25) is 0 Å². The van der Waals surface area contributed by atoms with Crippen LogP contribution in [-0.4, -0.2) is 65.9 Å². The SMILES string of the molecule is CCNC(=NCC(O)COCc1ccccc1)NC1CCN(Cc2ccccn2)CC1. The van der Waals surface area contributed by atoms with Crippen molar-refractivity contribution in [1.29, 1.82) is 0 Å². The van der Waals surface area contributed by atoms with Gasteiger partial charge in [0.1, 0.15) is 0 Å². The predicted octanol–water partition coefficient (Wildman–Crippen LogP) is 2.18. The molecule has 0 saturated carbocycles. The van der Waals surface area contributed by atoms with E-state index in [-0.39, 0.29) is 6.61 Å². The van der Waals surface area contributed by atoms with Crippen molar-refractivity contribution in [3.8, 4) is 0 Å². The highest BCUT2D eigenvalue weighted by atomic mass is 16.5. The molecular weight excluding hydrogens is 390 g/mol. The summed E-state index contributed by atoms with van der Waals surface area (Å²) < 4.78 is 5.61. The Morgan fingerprint density at radius 1 is 1.19 bits per heavy atom. The number of aliphatic hydroxyl groups is 1. The smallest absolute Gasteiger partial charge is 0.191 e. The molecular formula is C24H35N5O2. The fraction of sp³-hybridized carbons (Fsp3) is 0.500. The van der Waals surface area contributed by atoms with Crippen LogP contribution in [-0.2, 0) is 17.9 Å². The molecule has 0 amide bonds. The van der Waals surface area contributed by atoms with Gasteiger partial charge in [-0.2, -0.15) is 0 Å². The summed E-state index contributed by atoms with van der Waals surface area (Å²) in [4.78, 5) is 11.4. The Bertz CT molecular complexity index is 764. The van der Waals surface area contributed by atoms with Gasteiger partial charge in [-0.05, 0) is 37.5 Å². The van der Waals surface area contributed by atoms with E-state index in [4.69, 9.17) is 4.74 Å². The minimum atomic E-state index is -0.626. The number of pyridine rings is 1. The largest absolute Gasteiger partial charge is 0.389 e. The van der Waals surface area contributed by atoms with E-state index in [0.717, 1.165) is 56.2 Å². The molecule has 168 valence electrons. The molecule has 0 spiro atoms. The molecule has 1 unspecified atom stereocenters. The van der Waals surface area contributed by atoms with Crippen molar-refractivity contribution in [3.63, 3.8) is 0 Å². The first-order chi connectivity index (χ1) is 15.2. The van der Waals surface area contributed by atoms with Crippen molar-refractivity contribution < 1.29 is 9.84 Å². The number of ether oxygens (including phenoxy) is 1. The lowest BCUT2D eigenvalue weighted by atomic mass is 10.0. The van der Waals surface area contributed by atoms with Crippen LogP contribution in [0.5, 0.6) is 0 Å². The van der Waals surface area contributed by atoms with Crippen molar-refractivity contribution in [2.45, 2.75) is 45.1 Å². The van der Waals surface area contributed by atoms with Gasteiger partial charge in [-0.1, -0.05) is 36.4 Å². The molecule has 1 saturated heterocycles. The Morgan fingerprint density at radius 2 is 1.97 bits per heavy atom. The van der Waals surface area contributed by atoms with Gasteiger partial charge in [0.15, 0.2) is 5.96 Å². The molecule has 7 heteroatoms. The zero-order chi connectivity index (χ0) is 21.7. The number of nitrogens with zero attached hydrogens (tertiary/aromatic N) is 3. The van der Waals surface area contributed by atoms with Crippen LogP contribution < -0.4 is 10.6 Å². The third-order valence-electron chi connectivity index (χ3n) is 5.27. The number of nitrogens with one attached hydrogen (secondary N) is 2. The van der Waals surface area contributed by atoms with Crippen LogP contribution in [0.15, 0.2) is 59.7 Å². The molecule has 7 nitrogen and oxygen atoms in total. The minimum absolute atomic E-state index is 0.268. The van der Waals surface area contributed by atoms with Gasteiger partial charge in [0, 0.05) is 38.4 Å². The van der Waals surface area contributed by atoms with E-state index in [1.54, 1.807) is 0 Å². The first kappa shape index (κ1) is 23.2. The summed E-state index contributed by atoms with van der Waals surface area (Å²) in [6.45, 7) is 6.87. The molecule has 0 aliphatic carbocycles. The van der Waals surface area contributed by atoms with Crippen molar-refractivity contribution in [1.82, 2.24) is 20.5 Å². The maximum Gasteiger partial charge on any atom is 0.191 e. The van der Waals surface area contributed by atoms with Crippen molar-refractivity contribution >= 4 is 5.96 Å². The normalized spacial score (nSPS) is 16.8. The third kappa shape index (κ3) is 8.65. The van der Waals surface area contributed by atoms with Crippen LogP contribution >= 0.6 is 0 Å². The summed E-state index contributed by atoms with van der Waals surface area (Å²) >= 11 is 0. The summed E-state index contributed by atoms with van der Waals surface area (Å²) in [6.07, 6.45) is 3.34. The first-order valence-electron chi connectivity index (χ1n) is 11.2. The quantitative estimate of drug-likeness (QED) is 0.400. The van der Waals surface area contributed by atoms with Crippen molar-refractivity contribution in [2.24, 2.45) is 4.99 Å². The van der Waals surface area contributed by atoms with E-state index < -0.39 is 6.10 Å². The van der Waals surface area contributed by atoms with Crippen molar-refractivity contribution in [2.75, 3.05) is 32.8 Å². The second-order valence-corrected chi connectivity index (χ2v) is 7.89. The molecule has 1 aliphatic heterocycles. The lowest BCUT2D eigenvalue weighted by Crippen LogP contribution is -2.48. The molecule has 1 atom stereocenters. The van der Waals surface area contributed by atoms with Crippen LogP contribution in [0, 0.1) is 0 Å². The number of guanidine groups is 1. The minimum Gasteiger partial charge on any atom is -0.389 e. The van der Waals surface area contributed by atoms with E-state index in [0.29, 0.717) is 19.2 Å². The Hall–Kier alpha value is -2.48. The summed E-state index contributed by atoms with van der Waals surface area (Å²) in [5.41, 5.74) is 2.22. The molecule has 0 radical (unpaired) electrons. The van der Waals surface area contributed by atoms with E-state index in [9.17, 15) is 5.11 Å². The average molecular weight is 426 g/mol. The fourth-order valence-electron chi connectivity index (χ4n) is 3.61. The zero-order valence-corrected chi connectivity index (χ0v) is 18.4. The lowest BCUT2D eigenvalue weighted by molar-refractivity contribution is 0.0331. The molecule has 1 aliphatic rings. The Morgan fingerprint density at radius 3 is 2.68 bits per heavy atom. The number of hydrogen-bond acceptors (Lipinski definition) is 5. The van der Waals surface area contributed by atoms with Gasteiger partial charge in [0.25, 0.3) is 0 Å². The molecule has 2 aromatic rings. The average Bonchev–Trinajstić information content (AvgIpc) is 2.80. The van der Waals surface area contributed by atoms with Crippen molar-refractivity contribution in [3.05, 3.63) is 66.0 Å². The summed E-state index contributed by atoms with van der Waals surface area (Å²) in [6, 6.07) is 16.4. The summed E-state index contributed by atoms with van der Waals surface area (Å²) in [5.74, 6) is 0.757. The van der Waals surface area contributed by atoms with Gasteiger partial charge in [-0.3, -0.25) is 14.9 Å². The van der Waals surface area contributed by atoms with Crippen LogP contribution in [0.1, 0.15) is 31.0 Å². The predicted molar refractivity (Wildman–Crippen MR) is 124 cm³/mol. The Kier molecular flexibility index (Phi) is 9.76. The van der Waals surface area contributed by atoms with E-state index >= 15 is 0 Å². The van der Waals surface area contributed by atoms with Gasteiger partial charge in [-0.25, -0.2) is 0 Å². The number of aromatic nitrogens is 1. The zero-order valence-electron chi connectivity index (χ0n) is 18.4. The molecule has 1 fully saturated rings. The van der Waals surface area contributed by atoms with E-state index in [1.165, 1.54) is 0 Å². The molecule has 1 aromatic carbocycles. The van der Waals surface area contributed by atoms with Gasteiger partial charge in [-0.15, -0.1) is 0 Å². The summed E-state index contributed by atoms with van der Waals surface area (Å²) in [5, 5.41) is 17.0. The lowest BCUT2D eigenvalue weighted by Gasteiger charge is -2.32. The van der Waals surface area contributed by atoms with Crippen LogP contribution in [0.4, 0.5) is 0 Å². The molecule has 3 rings (SSSR count). The highest BCUT2D eigenvalue weighted by molar-refractivity contribution is 5.80. The molecule has 0 bridgehead atoms. The third-order valence-corrected chi connectivity index (χ3v) is 5.27. The fourth-order valence-corrected chi connectivity index (χ4v) is 3.61. The number of aliphatic hydroxyl groups excluding tert-OH is 1. The van der Waals surface area contributed by atoms with Gasteiger partial charge >= 0.3 is 0 Å². The molecule has 31 heavy (non-hydrogen) atoms. The molecule has 1 aromatic heterocycles. The highest BCUT2D eigenvalue weighted by Crippen LogP contribution is 2.13. The number of aliphatic imine (C=N–C) groups is 1. The Balaban J connectivity index is 1.38. The number of piperidine rings is 1. The van der Waals surface area contributed by atoms with E-state index in [1.807, 2.05) is 55.6 Å². The highest BCUT2D eigenvalue weighted by Gasteiger charge is 2.20. The number of rotatable bonds is 10. The summed E-state index contributed by atoms with van der Waals surface area (Å²) in [7, 11) is 0. The number of benzene rings is 1. The first-order valence-corrected chi connectivity index (χ1v) is 11.2. The number of likely N-dealkylation sites (tertiary alicyclic amines) is 1. The molecule has 3 N–H and O–H groups in total. The van der Waals surface area contributed by atoms with Crippen LogP contribution in [0.25, 0.3) is 0 Å². The van der Waals surface area contributed by atoms with E-state index in [2.05, 4.69) is 31.6 Å². The number of hydrogen-bond donors (Lipinski definition) is 3. The topological polar surface area (TPSA) is 82.0 Å². The maximum atomic E-state index is 10.2. The molecule has 2 heterocycles. The second-order valence-electron chi connectivity index (χ2n) is 7.89. The monoisotopic (exact) mass is 425 g/mol. The van der Waals surface area contributed by atoms with Crippen LogP contribution in [0.3, 0.4) is 0 Å². The van der Waals surface area contributed by atoms with Gasteiger partial charge in [0.05, 0.1) is 31.6 Å². The maximum absolute atomic E-state index is 10.2. The Labute approximate surface area is 185 Å².